The van der Waals surface area contributed by atoms with Crippen LogP contribution in [0.5, 0.6) is 0 Å². The van der Waals surface area contributed by atoms with Crippen LogP contribution in [0.25, 0.3) is 11.3 Å². The molecular formula is C23H21F2N3O2. The van der Waals surface area contributed by atoms with Crippen molar-refractivity contribution in [1.82, 2.24) is 10.1 Å². The fraction of sp³-hybridized carbons (Fsp3) is 0.304. The van der Waals surface area contributed by atoms with E-state index >= 15 is 0 Å². The Balaban J connectivity index is 1.29. The summed E-state index contributed by atoms with van der Waals surface area (Å²) in [6.45, 7) is 2.56. The van der Waals surface area contributed by atoms with Crippen molar-refractivity contribution >= 4 is 11.6 Å². The van der Waals surface area contributed by atoms with Gasteiger partial charge in [-0.1, -0.05) is 17.3 Å². The van der Waals surface area contributed by atoms with Crippen LogP contribution < -0.4 is 4.90 Å². The Morgan fingerprint density at radius 3 is 2.33 bits per heavy atom. The van der Waals surface area contributed by atoms with E-state index in [0.717, 1.165) is 5.69 Å². The van der Waals surface area contributed by atoms with Gasteiger partial charge in [0.2, 0.25) is 5.91 Å². The molecule has 1 amide bonds. The van der Waals surface area contributed by atoms with Crippen LogP contribution >= 0.6 is 0 Å². The number of benzene rings is 2. The number of anilines is 1. The molecule has 154 valence electrons. The zero-order valence-electron chi connectivity index (χ0n) is 16.4. The highest BCUT2D eigenvalue weighted by atomic mass is 19.1. The fourth-order valence-electron chi connectivity index (χ4n) is 4.12. The molecule has 1 aliphatic heterocycles. The van der Waals surface area contributed by atoms with E-state index in [1.807, 2.05) is 4.90 Å². The van der Waals surface area contributed by atoms with Crippen molar-refractivity contribution in [3.8, 4) is 11.3 Å². The van der Waals surface area contributed by atoms with Gasteiger partial charge in [0.15, 0.2) is 5.76 Å². The van der Waals surface area contributed by atoms with Gasteiger partial charge in [-0.2, -0.15) is 0 Å². The number of carbonyl (C=O) groups is 1. The lowest BCUT2D eigenvalue weighted by molar-refractivity contribution is -0.134. The van der Waals surface area contributed by atoms with Gasteiger partial charge in [0, 0.05) is 37.9 Å². The number of carbonyl (C=O) groups excluding carboxylic acids is 1. The summed E-state index contributed by atoms with van der Waals surface area (Å²) < 4.78 is 32.6. The first kappa shape index (κ1) is 18.8. The third-order valence-electron chi connectivity index (χ3n) is 6.06. The average molecular weight is 409 g/mol. The second kappa shape index (κ2) is 7.23. The third kappa shape index (κ3) is 3.24. The van der Waals surface area contributed by atoms with Crippen LogP contribution in [0.15, 0.2) is 59.1 Å². The van der Waals surface area contributed by atoms with E-state index in [1.54, 1.807) is 36.4 Å². The Morgan fingerprint density at radius 2 is 1.67 bits per heavy atom. The third-order valence-corrected chi connectivity index (χ3v) is 6.06. The summed E-state index contributed by atoms with van der Waals surface area (Å²) in [7, 11) is 0. The summed E-state index contributed by atoms with van der Waals surface area (Å²) >= 11 is 0. The molecule has 0 unspecified atom stereocenters. The minimum absolute atomic E-state index is 0.0506. The summed E-state index contributed by atoms with van der Waals surface area (Å²) in [4.78, 5) is 17.3. The van der Waals surface area contributed by atoms with Gasteiger partial charge < -0.3 is 14.3 Å². The first-order valence-electron chi connectivity index (χ1n) is 10.1. The highest BCUT2D eigenvalue weighted by molar-refractivity contribution is 5.91. The van der Waals surface area contributed by atoms with Gasteiger partial charge in [0.1, 0.15) is 11.6 Å². The lowest BCUT2D eigenvalue weighted by atomic mass is 9.99. The number of hydrogen-bond donors (Lipinski definition) is 0. The summed E-state index contributed by atoms with van der Waals surface area (Å²) in [6, 6.07) is 14.5. The molecule has 0 N–H and O–H groups in total. The molecule has 2 heterocycles. The molecule has 30 heavy (non-hydrogen) atoms. The Labute approximate surface area is 172 Å². The van der Waals surface area contributed by atoms with Crippen LogP contribution in [-0.4, -0.2) is 42.1 Å². The summed E-state index contributed by atoms with van der Waals surface area (Å²) in [5.74, 6) is -0.253. The smallest absolute Gasteiger partial charge is 0.235 e. The van der Waals surface area contributed by atoms with Crippen LogP contribution in [0, 0.1) is 11.6 Å². The lowest BCUT2D eigenvalue weighted by Gasteiger charge is -2.37. The molecule has 3 aromatic rings. The second-order valence-electron chi connectivity index (χ2n) is 7.89. The predicted molar refractivity (Wildman–Crippen MR) is 108 cm³/mol. The van der Waals surface area contributed by atoms with E-state index in [-0.39, 0.29) is 17.5 Å². The van der Waals surface area contributed by atoms with Gasteiger partial charge in [-0.25, -0.2) is 8.78 Å². The van der Waals surface area contributed by atoms with Gasteiger partial charge in [-0.05, 0) is 49.2 Å². The predicted octanol–water partition coefficient (Wildman–Crippen LogP) is 4.00. The number of halogens is 2. The molecule has 5 nitrogen and oxygen atoms in total. The van der Waals surface area contributed by atoms with E-state index in [4.69, 9.17) is 4.52 Å². The van der Waals surface area contributed by atoms with Crippen molar-refractivity contribution in [2.24, 2.45) is 0 Å². The molecule has 7 heteroatoms. The van der Waals surface area contributed by atoms with Crippen molar-refractivity contribution in [3.63, 3.8) is 0 Å². The van der Waals surface area contributed by atoms with E-state index in [2.05, 4.69) is 10.1 Å². The zero-order valence-corrected chi connectivity index (χ0v) is 16.4. The first-order chi connectivity index (χ1) is 14.6. The number of rotatable bonds is 4. The van der Waals surface area contributed by atoms with Crippen molar-refractivity contribution in [3.05, 3.63) is 71.9 Å². The lowest BCUT2D eigenvalue weighted by Crippen LogP contribution is -2.51. The van der Waals surface area contributed by atoms with Crippen LogP contribution in [-0.2, 0) is 10.2 Å². The van der Waals surface area contributed by atoms with E-state index in [0.29, 0.717) is 56.0 Å². The number of amides is 1. The quantitative estimate of drug-likeness (QED) is 0.654. The number of nitrogens with zero attached hydrogens (tertiary/aromatic N) is 3. The molecule has 1 aliphatic carbocycles. The topological polar surface area (TPSA) is 49.6 Å². The molecule has 0 radical (unpaired) electrons. The van der Waals surface area contributed by atoms with Crippen LogP contribution in [0.3, 0.4) is 0 Å². The fourth-order valence-corrected chi connectivity index (χ4v) is 4.12. The molecule has 0 bridgehead atoms. The first-order valence-corrected chi connectivity index (χ1v) is 10.1. The summed E-state index contributed by atoms with van der Waals surface area (Å²) in [5.41, 5.74) is 1.21. The van der Waals surface area contributed by atoms with Crippen LogP contribution in [0.1, 0.15) is 18.5 Å². The average Bonchev–Trinajstić information content (AvgIpc) is 3.44. The standard InChI is InChI=1S/C23H21F2N3O2/c24-16-5-7-17(8-6-16)27-11-13-28(14-12-27)22(29)23(9-10-23)21-15-20(30-26-21)18-3-1-2-4-19(18)25/h1-8,15H,9-14H2. The maximum Gasteiger partial charge on any atom is 0.235 e. The molecule has 1 aromatic heterocycles. The van der Waals surface area contributed by atoms with Crippen LogP contribution in [0.4, 0.5) is 14.5 Å². The van der Waals surface area contributed by atoms with Gasteiger partial charge >= 0.3 is 0 Å². The Morgan fingerprint density at radius 1 is 0.967 bits per heavy atom. The van der Waals surface area contributed by atoms with Crippen molar-refractivity contribution in [2.75, 3.05) is 31.1 Å². The van der Waals surface area contributed by atoms with Crippen molar-refractivity contribution in [2.45, 2.75) is 18.3 Å². The van der Waals surface area contributed by atoms with Gasteiger partial charge in [0.25, 0.3) is 0 Å². The maximum atomic E-state index is 14.1. The Bertz CT molecular complexity index is 1070. The van der Waals surface area contributed by atoms with Crippen LogP contribution in [0.2, 0.25) is 0 Å². The minimum atomic E-state index is -0.662. The molecule has 1 saturated heterocycles. The molecular weight excluding hydrogens is 388 g/mol. The number of aromatic nitrogens is 1. The monoisotopic (exact) mass is 409 g/mol. The van der Waals surface area contributed by atoms with Gasteiger partial charge in [-0.15, -0.1) is 0 Å². The van der Waals surface area contributed by atoms with E-state index < -0.39 is 5.41 Å². The zero-order chi connectivity index (χ0) is 20.7. The molecule has 0 spiro atoms. The Kier molecular flexibility index (Phi) is 4.53. The van der Waals surface area contributed by atoms with Crippen molar-refractivity contribution in [1.29, 1.82) is 0 Å². The maximum absolute atomic E-state index is 14.1. The summed E-state index contributed by atoms with van der Waals surface area (Å²) in [6.07, 6.45) is 1.43. The Hall–Kier alpha value is -3.22. The molecule has 2 aliphatic rings. The van der Waals surface area contributed by atoms with E-state index in [9.17, 15) is 13.6 Å². The molecule has 1 saturated carbocycles. The SMILES string of the molecule is O=C(N1CCN(c2ccc(F)cc2)CC1)C1(c2cc(-c3ccccc3F)on2)CC1. The highest BCUT2D eigenvalue weighted by Crippen LogP contribution is 2.50. The normalized spacial score (nSPS) is 17.8. The number of hydrogen-bond acceptors (Lipinski definition) is 4. The molecule has 0 atom stereocenters. The van der Waals surface area contributed by atoms with Crippen molar-refractivity contribution < 1.29 is 18.1 Å². The molecule has 2 aromatic carbocycles. The van der Waals surface area contributed by atoms with Gasteiger partial charge in [0.05, 0.1) is 16.7 Å². The minimum Gasteiger partial charge on any atom is -0.368 e. The molecule has 2 fully saturated rings. The second-order valence-corrected chi connectivity index (χ2v) is 7.89. The van der Waals surface area contributed by atoms with Gasteiger partial charge in [-0.3, -0.25) is 4.79 Å². The largest absolute Gasteiger partial charge is 0.368 e. The van der Waals surface area contributed by atoms with E-state index in [1.165, 1.54) is 18.2 Å². The highest BCUT2D eigenvalue weighted by Gasteiger charge is 2.55. The number of piperazine rings is 1. The molecule has 5 rings (SSSR count). The summed E-state index contributed by atoms with van der Waals surface area (Å²) in [5, 5.41) is 4.12.